The van der Waals surface area contributed by atoms with E-state index in [0.29, 0.717) is 6.54 Å². The second-order valence-corrected chi connectivity index (χ2v) is 3.37. The van der Waals surface area contributed by atoms with Crippen LogP contribution < -0.4 is 11.1 Å². The molecule has 1 amide bonds. The molecule has 3 N–H and O–H groups in total. The summed E-state index contributed by atoms with van der Waals surface area (Å²) in [4.78, 5) is 10.4. The number of nitrogens with two attached hydrogens (primary N) is 1. The van der Waals surface area contributed by atoms with Gasteiger partial charge in [-0.3, -0.25) is 0 Å². The largest absolute Gasteiger partial charge is 0.448 e. The van der Waals surface area contributed by atoms with Gasteiger partial charge in [0.2, 0.25) is 0 Å². The van der Waals surface area contributed by atoms with Crippen LogP contribution in [0.5, 0.6) is 0 Å². The quantitative estimate of drug-likeness (QED) is 0.771. The third-order valence-corrected chi connectivity index (χ3v) is 2.21. The summed E-state index contributed by atoms with van der Waals surface area (Å²) in [7, 11) is 0. The maximum Gasteiger partial charge on any atom is 0.404 e. The number of hydrogen-bond acceptors (Lipinski definition) is 5. The van der Waals surface area contributed by atoms with Crippen LogP contribution in [0, 0.1) is 0 Å². The van der Waals surface area contributed by atoms with Gasteiger partial charge in [0.25, 0.3) is 0 Å². The number of carbonyl (C=O) groups excluding carboxylic acids is 1. The molecule has 0 bridgehead atoms. The number of amides is 1. The predicted molar refractivity (Wildman–Crippen MR) is 63.6 cm³/mol. The van der Waals surface area contributed by atoms with Crippen LogP contribution in [0.4, 0.5) is 10.5 Å². The summed E-state index contributed by atoms with van der Waals surface area (Å²) in [6, 6.07) is 7.65. The molecule has 0 fully saturated rings. The van der Waals surface area contributed by atoms with Gasteiger partial charge in [0.1, 0.15) is 6.61 Å². The number of nitrogens with one attached hydrogen (secondary N) is 1. The van der Waals surface area contributed by atoms with Gasteiger partial charge in [-0.1, -0.05) is 18.2 Å². The standard InChI is InChI=1S/C11H12N4O2/c12-11(16)17-6-5-13-10-7-14-15-9-4-2-1-3-8(9)10/h1-4,7H,5-6H2,(H2,12,16)(H,13,15). The van der Waals surface area contributed by atoms with E-state index in [4.69, 9.17) is 5.73 Å². The summed E-state index contributed by atoms with van der Waals surface area (Å²) in [5.74, 6) is 0. The first-order valence-corrected chi connectivity index (χ1v) is 5.14. The first-order chi connectivity index (χ1) is 8.27. The number of hydrogen-bond donors (Lipinski definition) is 2. The third kappa shape index (κ3) is 2.81. The molecule has 0 aliphatic carbocycles. The van der Waals surface area contributed by atoms with Crippen molar-refractivity contribution in [2.45, 2.75) is 0 Å². The number of nitrogens with zero attached hydrogens (tertiary/aromatic N) is 2. The fraction of sp³-hybridized carbons (Fsp3) is 0.182. The lowest BCUT2D eigenvalue weighted by atomic mass is 10.2. The topological polar surface area (TPSA) is 90.1 Å². The number of fused-ring (bicyclic) bond motifs is 1. The van der Waals surface area contributed by atoms with Gasteiger partial charge in [0.15, 0.2) is 0 Å². The molecule has 0 saturated carbocycles. The lowest BCUT2D eigenvalue weighted by molar-refractivity contribution is 0.161. The van der Waals surface area contributed by atoms with Gasteiger partial charge in [-0.2, -0.15) is 10.2 Å². The zero-order valence-electron chi connectivity index (χ0n) is 9.09. The molecule has 2 rings (SSSR count). The zero-order valence-corrected chi connectivity index (χ0v) is 9.09. The highest BCUT2D eigenvalue weighted by Gasteiger charge is 2.01. The van der Waals surface area contributed by atoms with E-state index in [2.05, 4.69) is 20.3 Å². The van der Waals surface area contributed by atoms with Crippen molar-refractivity contribution < 1.29 is 9.53 Å². The van der Waals surface area contributed by atoms with E-state index in [-0.39, 0.29) is 6.61 Å². The van der Waals surface area contributed by atoms with Gasteiger partial charge in [-0.25, -0.2) is 4.79 Å². The molecule has 6 heteroatoms. The van der Waals surface area contributed by atoms with Crippen LogP contribution in [0.1, 0.15) is 0 Å². The second-order valence-electron chi connectivity index (χ2n) is 3.37. The van der Waals surface area contributed by atoms with Crippen molar-refractivity contribution in [3.8, 4) is 0 Å². The Morgan fingerprint density at radius 1 is 1.41 bits per heavy atom. The van der Waals surface area contributed by atoms with Gasteiger partial charge in [0, 0.05) is 11.9 Å². The fourth-order valence-electron chi connectivity index (χ4n) is 1.49. The molecule has 0 radical (unpaired) electrons. The van der Waals surface area contributed by atoms with Gasteiger partial charge < -0.3 is 15.8 Å². The van der Waals surface area contributed by atoms with Crippen molar-refractivity contribution in [2.75, 3.05) is 18.5 Å². The number of ether oxygens (including phenoxy) is 1. The van der Waals surface area contributed by atoms with Crippen LogP contribution in [0.15, 0.2) is 30.5 Å². The average Bonchev–Trinajstić information content (AvgIpc) is 2.34. The maximum atomic E-state index is 10.4. The maximum absolute atomic E-state index is 10.4. The van der Waals surface area contributed by atoms with Crippen LogP contribution in [-0.2, 0) is 4.74 Å². The number of benzene rings is 1. The molecule has 0 atom stereocenters. The van der Waals surface area contributed by atoms with E-state index in [1.165, 1.54) is 0 Å². The van der Waals surface area contributed by atoms with Gasteiger partial charge in [-0.05, 0) is 6.07 Å². The fourth-order valence-corrected chi connectivity index (χ4v) is 1.49. The third-order valence-electron chi connectivity index (χ3n) is 2.21. The Kier molecular flexibility index (Phi) is 3.34. The van der Waals surface area contributed by atoms with Crippen molar-refractivity contribution in [1.82, 2.24) is 10.2 Å². The van der Waals surface area contributed by atoms with E-state index < -0.39 is 6.09 Å². The van der Waals surface area contributed by atoms with E-state index in [1.807, 2.05) is 24.3 Å². The number of carbonyl (C=O) groups is 1. The minimum Gasteiger partial charge on any atom is -0.448 e. The summed E-state index contributed by atoms with van der Waals surface area (Å²) in [6.07, 6.45) is 0.858. The summed E-state index contributed by atoms with van der Waals surface area (Å²) in [5.41, 5.74) is 6.52. The lowest BCUT2D eigenvalue weighted by Crippen LogP contribution is -2.18. The van der Waals surface area contributed by atoms with Crippen LogP contribution in [-0.4, -0.2) is 29.4 Å². The number of aromatic nitrogens is 2. The first kappa shape index (κ1) is 11.1. The van der Waals surface area contributed by atoms with E-state index in [9.17, 15) is 4.79 Å². The number of rotatable bonds is 4. The van der Waals surface area contributed by atoms with Gasteiger partial charge >= 0.3 is 6.09 Å². The Morgan fingerprint density at radius 3 is 3.06 bits per heavy atom. The van der Waals surface area contributed by atoms with Crippen LogP contribution >= 0.6 is 0 Å². The Bertz CT molecular complexity index is 524. The highest BCUT2D eigenvalue weighted by molar-refractivity contribution is 5.90. The van der Waals surface area contributed by atoms with Crippen LogP contribution in [0.3, 0.4) is 0 Å². The molecule has 0 spiro atoms. The van der Waals surface area contributed by atoms with Gasteiger partial charge in [0.05, 0.1) is 17.4 Å². The molecular weight excluding hydrogens is 220 g/mol. The Morgan fingerprint density at radius 2 is 2.24 bits per heavy atom. The zero-order chi connectivity index (χ0) is 12.1. The first-order valence-electron chi connectivity index (χ1n) is 5.14. The summed E-state index contributed by atoms with van der Waals surface area (Å²) < 4.78 is 4.62. The molecule has 17 heavy (non-hydrogen) atoms. The Labute approximate surface area is 97.8 Å². The number of primary amides is 1. The minimum absolute atomic E-state index is 0.214. The van der Waals surface area contributed by atoms with Crippen molar-refractivity contribution in [3.05, 3.63) is 30.5 Å². The van der Waals surface area contributed by atoms with Crippen LogP contribution in [0.25, 0.3) is 10.9 Å². The normalized spacial score (nSPS) is 10.1. The second kappa shape index (κ2) is 5.11. The average molecular weight is 232 g/mol. The molecule has 6 nitrogen and oxygen atoms in total. The molecule has 0 aliphatic heterocycles. The van der Waals surface area contributed by atoms with E-state index in [1.54, 1.807) is 6.20 Å². The Balaban J connectivity index is 2.05. The molecule has 88 valence electrons. The van der Waals surface area contributed by atoms with Crippen molar-refractivity contribution in [2.24, 2.45) is 5.73 Å². The smallest absolute Gasteiger partial charge is 0.404 e. The van der Waals surface area contributed by atoms with E-state index in [0.717, 1.165) is 16.6 Å². The molecule has 0 unspecified atom stereocenters. The molecule has 1 heterocycles. The lowest BCUT2D eigenvalue weighted by Gasteiger charge is -2.08. The monoisotopic (exact) mass is 232 g/mol. The molecular formula is C11H12N4O2. The summed E-state index contributed by atoms with van der Waals surface area (Å²) in [6.45, 7) is 0.685. The molecule has 0 aliphatic rings. The van der Waals surface area contributed by atoms with Crippen molar-refractivity contribution in [3.63, 3.8) is 0 Å². The minimum atomic E-state index is -0.774. The van der Waals surface area contributed by atoms with Crippen molar-refractivity contribution >= 4 is 22.7 Å². The van der Waals surface area contributed by atoms with Gasteiger partial charge in [-0.15, -0.1) is 0 Å². The summed E-state index contributed by atoms with van der Waals surface area (Å²) in [5, 5.41) is 12.0. The Hall–Kier alpha value is -2.37. The molecule has 2 aromatic rings. The molecule has 1 aromatic carbocycles. The molecule has 0 saturated heterocycles. The highest BCUT2D eigenvalue weighted by Crippen LogP contribution is 2.19. The summed E-state index contributed by atoms with van der Waals surface area (Å²) >= 11 is 0. The van der Waals surface area contributed by atoms with Crippen LogP contribution in [0.2, 0.25) is 0 Å². The van der Waals surface area contributed by atoms with E-state index >= 15 is 0 Å². The SMILES string of the molecule is NC(=O)OCCNc1cnnc2ccccc12. The highest BCUT2D eigenvalue weighted by atomic mass is 16.5. The molecule has 1 aromatic heterocycles. The predicted octanol–water partition coefficient (Wildman–Crippen LogP) is 1.14. The number of anilines is 1. The van der Waals surface area contributed by atoms with Crippen molar-refractivity contribution in [1.29, 1.82) is 0 Å².